The molecule has 23 heavy (non-hydrogen) atoms. The second-order valence-corrected chi connectivity index (χ2v) is 5.17. The predicted octanol–water partition coefficient (Wildman–Crippen LogP) is -1.98. The summed E-state index contributed by atoms with van der Waals surface area (Å²) in [5.74, 6) is -0.135. The zero-order valence-corrected chi connectivity index (χ0v) is 11.9. The molecule has 0 spiro atoms. The van der Waals surface area contributed by atoms with Crippen LogP contribution < -0.4 is 11.3 Å². The monoisotopic (exact) mass is 321 g/mol. The molecule has 4 atom stereocenters. The number of aliphatic hydroxyl groups is 3. The van der Waals surface area contributed by atoms with Crippen molar-refractivity contribution in [3.8, 4) is 0 Å². The number of aliphatic hydroxyl groups excluding tert-OH is 2. The van der Waals surface area contributed by atoms with Crippen LogP contribution >= 0.6 is 0 Å². The van der Waals surface area contributed by atoms with Crippen molar-refractivity contribution in [1.82, 2.24) is 19.5 Å². The maximum atomic E-state index is 11.8. The van der Waals surface area contributed by atoms with Gasteiger partial charge in [0.05, 0.1) is 12.9 Å². The van der Waals surface area contributed by atoms with Gasteiger partial charge in [-0.2, -0.15) is 4.98 Å². The largest absolute Gasteiger partial charge is 0.394 e. The number of hydrogen-bond acceptors (Lipinski definition) is 8. The minimum absolute atomic E-state index is 0.00493. The Kier molecular flexibility index (Phi) is 3.55. The van der Waals surface area contributed by atoms with Crippen LogP contribution in [-0.4, -0.2) is 59.3 Å². The Bertz CT molecular complexity index is 854. The second-order valence-electron chi connectivity index (χ2n) is 5.17. The SMILES string of the molecule is C=C=C[C@@]1(O)[C@H](O)[C@@H](CO)O[C@H]1n1cnc2c(=O)[nH]c(N)nc21. The first-order valence-corrected chi connectivity index (χ1v) is 6.68. The van der Waals surface area contributed by atoms with Crippen molar-refractivity contribution < 1.29 is 20.1 Å². The topological polar surface area (TPSA) is 160 Å². The fraction of sp³-hybridized carbons (Fsp3) is 0.385. The zero-order chi connectivity index (χ0) is 16.8. The second kappa shape index (κ2) is 5.30. The van der Waals surface area contributed by atoms with Crippen LogP contribution in [0.5, 0.6) is 0 Å². The number of H-pyrrole nitrogens is 1. The number of fused-ring (bicyclic) bond motifs is 1. The minimum Gasteiger partial charge on any atom is -0.394 e. The van der Waals surface area contributed by atoms with E-state index in [0.29, 0.717) is 0 Å². The highest BCUT2D eigenvalue weighted by Crippen LogP contribution is 2.40. The molecule has 1 aliphatic rings. The third-order valence-corrected chi connectivity index (χ3v) is 3.74. The molecule has 10 heteroatoms. The van der Waals surface area contributed by atoms with Crippen LogP contribution in [0.4, 0.5) is 5.95 Å². The van der Waals surface area contributed by atoms with E-state index in [-0.39, 0.29) is 17.1 Å². The number of ether oxygens (including phenoxy) is 1. The van der Waals surface area contributed by atoms with Gasteiger partial charge in [-0.15, -0.1) is 5.73 Å². The van der Waals surface area contributed by atoms with Crippen LogP contribution in [0, 0.1) is 0 Å². The van der Waals surface area contributed by atoms with Gasteiger partial charge in [-0.05, 0) is 6.08 Å². The molecule has 3 heterocycles. The lowest BCUT2D eigenvalue weighted by atomic mass is 9.94. The van der Waals surface area contributed by atoms with E-state index in [4.69, 9.17) is 10.5 Å². The summed E-state index contributed by atoms with van der Waals surface area (Å²) in [7, 11) is 0. The van der Waals surface area contributed by atoms with Gasteiger partial charge < -0.3 is 25.8 Å². The lowest BCUT2D eigenvalue weighted by molar-refractivity contribution is -0.0771. The number of anilines is 1. The average molecular weight is 321 g/mol. The molecule has 0 unspecified atom stereocenters. The number of nitrogens with one attached hydrogen (secondary N) is 1. The first kappa shape index (κ1) is 15.4. The molecule has 0 aliphatic carbocycles. The molecule has 6 N–H and O–H groups in total. The van der Waals surface area contributed by atoms with Gasteiger partial charge in [-0.3, -0.25) is 14.3 Å². The van der Waals surface area contributed by atoms with Gasteiger partial charge in [0.25, 0.3) is 5.56 Å². The normalized spacial score (nSPS) is 30.5. The summed E-state index contributed by atoms with van der Waals surface area (Å²) >= 11 is 0. The molecule has 2 aromatic heterocycles. The maximum absolute atomic E-state index is 11.8. The van der Waals surface area contributed by atoms with E-state index in [2.05, 4.69) is 27.3 Å². The van der Waals surface area contributed by atoms with Crippen molar-refractivity contribution in [2.24, 2.45) is 0 Å². The van der Waals surface area contributed by atoms with Crippen LogP contribution in [0.3, 0.4) is 0 Å². The van der Waals surface area contributed by atoms with Gasteiger partial charge in [-0.25, -0.2) is 4.98 Å². The summed E-state index contributed by atoms with van der Waals surface area (Å²) in [6.45, 7) is 2.86. The van der Waals surface area contributed by atoms with Gasteiger partial charge in [-0.1, -0.05) is 6.58 Å². The summed E-state index contributed by atoms with van der Waals surface area (Å²) in [6.07, 6.45) is -1.34. The number of nitrogens with zero attached hydrogens (tertiary/aromatic N) is 3. The van der Waals surface area contributed by atoms with Crippen molar-refractivity contribution in [3.63, 3.8) is 0 Å². The molecule has 2 aromatic rings. The first-order chi connectivity index (χ1) is 10.9. The summed E-state index contributed by atoms with van der Waals surface area (Å²) in [5, 5.41) is 30.3. The standard InChI is InChI=1S/C13H15N5O5/c1-2-3-13(22)8(20)6(4-19)23-11(13)18-5-15-7-9(18)16-12(14)17-10(7)21/h3,5-6,8,11,19-20,22H,1,4H2,(H3,14,16,17,21)/t6-,8-,11-,13-/m1/s1. The van der Waals surface area contributed by atoms with Crippen molar-refractivity contribution in [2.75, 3.05) is 12.3 Å². The van der Waals surface area contributed by atoms with Crippen molar-refractivity contribution in [3.05, 3.63) is 35.1 Å². The maximum Gasteiger partial charge on any atom is 0.280 e. The third-order valence-electron chi connectivity index (χ3n) is 3.74. The molecule has 0 amide bonds. The Morgan fingerprint density at radius 3 is 3.04 bits per heavy atom. The molecular weight excluding hydrogens is 306 g/mol. The number of aromatic nitrogens is 4. The van der Waals surface area contributed by atoms with Crippen LogP contribution in [-0.2, 0) is 4.74 Å². The number of nitrogens with two attached hydrogens (primary N) is 1. The Morgan fingerprint density at radius 1 is 1.65 bits per heavy atom. The van der Waals surface area contributed by atoms with E-state index in [1.54, 1.807) is 0 Å². The van der Waals surface area contributed by atoms with E-state index >= 15 is 0 Å². The Hall–Kier alpha value is -2.49. The van der Waals surface area contributed by atoms with Gasteiger partial charge in [0.15, 0.2) is 23.0 Å². The smallest absolute Gasteiger partial charge is 0.280 e. The Morgan fingerprint density at radius 2 is 2.39 bits per heavy atom. The number of rotatable bonds is 3. The van der Waals surface area contributed by atoms with Crippen LogP contribution in [0.2, 0.25) is 0 Å². The van der Waals surface area contributed by atoms with E-state index in [9.17, 15) is 20.1 Å². The van der Waals surface area contributed by atoms with Crippen molar-refractivity contribution in [1.29, 1.82) is 0 Å². The Labute approximate surface area is 129 Å². The third kappa shape index (κ3) is 2.17. The van der Waals surface area contributed by atoms with Crippen molar-refractivity contribution >= 4 is 17.1 Å². The number of hydrogen-bond donors (Lipinski definition) is 5. The van der Waals surface area contributed by atoms with Gasteiger partial charge in [0, 0.05) is 0 Å². The molecule has 1 aliphatic heterocycles. The van der Waals surface area contributed by atoms with Crippen LogP contribution in [0.25, 0.3) is 11.2 Å². The van der Waals surface area contributed by atoms with E-state index < -0.39 is 36.2 Å². The highest BCUT2D eigenvalue weighted by atomic mass is 16.6. The lowest BCUT2D eigenvalue weighted by Gasteiger charge is -2.27. The van der Waals surface area contributed by atoms with E-state index in [1.807, 2.05) is 0 Å². The minimum atomic E-state index is -1.94. The predicted molar refractivity (Wildman–Crippen MR) is 78.2 cm³/mol. The molecule has 10 nitrogen and oxygen atoms in total. The number of nitrogen functional groups attached to an aromatic ring is 1. The quantitative estimate of drug-likeness (QED) is 0.407. The highest BCUT2D eigenvalue weighted by Gasteiger charge is 2.55. The fourth-order valence-corrected chi connectivity index (χ4v) is 2.66. The zero-order valence-electron chi connectivity index (χ0n) is 11.9. The van der Waals surface area contributed by atoms with E-state index in [0.717, 1.165) is 6.08 Å². The number of aromatic amines is 1. The van der Waals surface area contributed by atoms with Crippen molar-refractivity contribution in [2.45, 2.75) is 24.0 Å². The molecule has 0 bridgehead atoms. The van der Waals surface area contributed by atoms with E-state index in [1.165, 1.54) is 10.9 Å². The Balaban J connectivity index is 2.20. The van der Waals surface area contributed by atoms with Gasteiger partial charge in [0.2, 0.25) is 5.95 Å². The molecule has 0 radical (unpaired) electrons. The lowest BCUT2D eigenvalue weighted by Crippen LogP contribution is -2.45. The van der Waals surface area contributed by atoms with Crippen LogP contribution in [0.1, 0.15) is 6.23 Å². The summed E-state index contributed by atoms with van der Waals surface area (Å²) in [6, 6.07) is 0. The molecule has 1 saturated heterocycles. The summed E-state index contributed by atoms with van der Waals surface area (Å²) in [4.78, 5) is 22.0. The highest BCUT2D eigenvalue weighted by molar-refractivity contribution is 5.70. The summed E-state index contributed by atoms with van der Waals surface area (Å²) in [5.41, 5.74) is 5.49. The van der Waals surface area contributed by atoms with Gasteiger partial charge >= 0.3 is 0 Å². The molecule has 1 fully saturated rings. The molecule has 0 saturated carbocycles. The molecular formula is C13H15N5O5. The van der Waals surface area contributed by atoms with Crippen LogP contribution in [0.15, 0.2) is 29.5 Å². The molecule has 3 rings (SSSR count). The number of imidazole rings is 1. The fourth-order valence-electron chi connectivity index (χ4n) is 2.66. The first-order valence-electron chi connectivity index (χ1n) is 6.68. The summed E-state index contributed by atoms with van der Waals surface area (Å²) < 4.78 is 6.76. The molecule has 0 aromatic carbocycles. The molecule has 122 valence electrons. The van der Waals surface area contributed by atoms with Gasteiger partial charge in [0.1, 0.15) is 12.2 Å². The average Bonchev–Trinajstić information content (AvgIpc) is 3.01.